The summed E-state index contributed by atoms with van der Waals surface area (Å²) in [4.78, 5) is 134. The van der Waals surface area contributed by atoms with Gasteiger partial charge in [0.1, 0.15) is 44.6 Å². The highest BCUT2D eigenvalue weighted by Gasteiger charge is 2.51. The zero-order valence-corrected chi connectivity index (χ0v) is 69.4. The normalized spacial score (nSPS) is 15.7. The Labute approximate surface area is 694 Å². The number of piperazine rings is 1. The third kappa shape index (κ3) is 24.2. The van der Waals surface area contributed by atoms with Gasteiger partial charge in [-0.3, -0.25) is 33.7 Å². The van der Waals surface area contributed by atoms with Crippen molar-refractivity contribution in [1.82, 2.24) is 40.0 Å². The largest absolute Gasteiger partial charge is 0.510 e. The molecule has 36 heteroatoms. The minimum atomic E-state index is -3.46. The fourth-order valence-electron chi connectivity index (χ4n) is 14.2. The van der Waals surface area contributed by atoms with Gasteiger partial charge < -0.3 is 97.5 Å². The number of ether oxygens (including phenoxy) is 14. The molecule has 0 spiro atoms. The Hall–Kier alpha value is -10.4. The highest BCUT2D eigenvalue weighted by atomic mass is 32.2. The molecule has 2 aromatic heterocycles. The number of amides is 5. The monoisotopic (exact) mass is 1690 g/mol. The van der Waals surface area contributed by atoms with Gasteiger partial charge in [0, 0.05) is 98.1 Å². The molecule has 10 rings (SSSR count). The van der Waals surface area contributed by atoms with Gasteiger partial charge in [-0.2, -0.15) is 4.31 Å². The summed E-state index contributed by atoms with van der Waals surface area (Å²) in [5.74, 6) is -6.55. The summed E-state index contributed by atoms with van der Waals surface area (Å²) in [5.41, 5.74) is 2.96. The third-order valence-corrected chi connectivity index (χ3v) is 21.9. The topological polar surface area (TPSA) is 401 Å². The smallest absolute Gasteiger partial charge is 0.494 e. The van der Waals surface area contributed by atoms with Crippen molar-refractivity contribution in [1.29, 1.82) is 0 Å². The Morgan fingerprint density at radius 3 is 1.90 bits per heavy atom. The number of hydrogen-bond acceptors (Lipinski definition) is 27. The summed E-state index contributed by atoms with van der Waals surface area (Å²) < 4.78 is 121. The lowest BCUT2D eigenvalue weighted by Gasteiger charge is -2.35. The Kier molecular flexibility index (Phi) is 34.3. The average Bonchev–Trinajstić information content (AvgIpc) is 1.41. The molecule has 0 saturated carbocycles. The number of pyridine rings is 2. The number of benzene rings is 4. The van der Waals surface area contributed by atoms with Crippen molar-refractivity contribution in [3.05, 3.63) is 158 Å². The second-order valence-electron chi connectivity index (χ2n) is 29.0. The van der Waals surface area contributed by atoms with E-state index in [0.717, 1.165) is 28.5 Å². The van der Waals surface area contributed by atoms with Crippen molar-refractivity contribution >= 4 is 74.4 Å². The first-order valence-corrected chi connectivity index (χ1v) is 41.6. The van der Waals surface area contributed by atoms with E-state index in [4.69, 9.17) is 71.3 Å². The summed E-state index contributed by atoms with van der Waals surface area (Å²) in [7, 11) is -0.525. The maximum absolute atomic E-state index is 15.6. The van der Waals surface area contributed by atoms with Crippen LogP contribution in [0.2, 0.25) is 0 Å². The fourth-order valence-corrected chi connectivity index (χ4v) is 15.1. The highest BCUT2D eigenvalue weighted by Crippen LogP contribution is 2.46. The zero-order chi connectivity index (χ0) is 85.9. The first kappa shape index (κ1) is 91.9. The Morgan fingerprint density at radius 1 is 0.708 bits per heavy atom. The van der Waals surface area contributed by atoms with Crippen LogP contribution in [0.3, 0.4) is 0 Å². The van der Waals surface area contributed by atoms with Crippen LogP contribution in [0, 0.1) is 11.7 Å². The van der Waals surface area contributed by atoms with Crippen molar-refractivity contribution in [2.75, 3.05) is 171 Å². The summed E-state index contributed by atoms with van der Waals surface area (Å²) in [6, 6.07) is 19.8. The highest BCUT2D eigenvalue weighted by molar-refractivity contribution is 7.88. The number of nitrogens with zero attached hydrogens (tertiary/aromatic N) is 4. The number of alkyl carbamates (subject to hydrolysis) is 1. The van der Waals surface area contributed by atoms with Gasteiger partial charge in [-0.1, -0.05) is 88.0 Å². The number of carbonyl (C=O) groups is 8. The quantitative estimate of drug-likeness (QED) is 0.0123. The van der Waals surface area contributed by atoms with Crippen molar-refractivity contribution < 1.29 is 117 Å². The van der Waals surface area contributed by atoms with E-state index in [9.17, 15) is 51.6 Å². The van der Waals surface area contributed by atoms with Gasteiger partial charge >= 0.3 is 24.2 Å². The van der Waals surface area contributed by atoms with Crippen molar-refractivity contribution in [3.8, 4) is 28.3 Å². The number of hydrogen-bond donors (Lipinski definition) is 5. The molecule has 5 amide bonds. The van der Waals surface area contributed by atoms with Crippen LogP contribution in [-0.4, -0.2) is 259 Å². The fraction of sp³-hybridized carbons (Fsp3) is 0.500. The standard InChI is InChI=1S/C84H106FN9O25S/c1-9-28-115-73(95)22-21-69(90-82(102)117-51-65-59-17-13-11-15-57(59)58-16-12-14-18-60(58)65)78(98)91-74(53(3)4)79(99)87-54(5)76(96)88-56-20-19-55(61(44-56)77(97)86-23-29-108-32-33-110-36-37-112-40-41-114-43-42-113-39-38-111-35-34-109-31-30-106-6)50-118-83(103)119-84(10-2)67-46-71-75-64(49-94(71)80(100)66(67)52-116-81(84)101)63(48-92-24-26-93(27-25-92)120(8,104)105)62-45-72(107-7)68(85)47-70(62)89-75/h9,11-20,44-47,53-54,65,69,74H,1,10,21-43,48-52H2,2-8H3,(H,86,97)(H,87,99)(H,88,96)(H,90,102)(H,91,98)/t54-,69+,74+,84+/m1/s1. The van der Waals surface area contributed by atoms with E-state index < -0.39 is 112 Å². The molecule has 4 aliphatic rings. The lowest BCUT2D eigenvalue weighted by atomic mass is 9.85. The molecule has 1 aliphatic carbocycles. The van der Waals surface area contributed by atoms with E-state index in [2.05, 4.69) is 33.2 Å². The van der Waals surface area contributed by atoms with Crippen LogP contribution in [0.1, 0.15) is 102 Å². The van der Waals surface area contributed by atoms with Gasteiger partial charge in [0.2, 0.25) is 33.3 Å². The van der Waals surface area contributed by atoms with Crippen molar-refractivity contribution in [2.45, 2.75) is 103 Å². The molecule has 3 aliphatic heterocycles. The molecule has 1 fully saturated rings. The molecule has 1 saturated heterocycles. The summed E-state index contributed by atoms with van der Waals surface area (Å²) in [5, 5.41) is 13.9. The van der Waals surface area contributed by atoms with E-state index in [1.165, 1.54) is 72.3 Å². The molecule has 4 aromatic carbocycles. The van der Waals surface area contributed by atoms with E-state index in [-0.39, 0.29) is 148 Å². The molecule has 650 valence electrons. The number of sulfonamides is 1. The number of fused-ring (bicyclic) bond motifs is 8. The molecule has 0 unspecified atom stereocenters. The van der Waals surface area contributed by atoms with E-state index in [1.54, 1.807) is 21.0 Å². The van der Waals surface area contributed by atoms with Crippen LogP contribution in [-0.2, 0) is 127 Å². The lowest BCUT2D eigenvalue weighted by molar-refractivity contribution is -0.175. The number of halogens is 1. The van der Waals surface area contributed by atoms with Gasteiger partial charge in [-0.05, 0) is 77.8 Å². The Bertz CT molecular complexity index is 4750. The number of esters is 2. The van der Waals surface area contributed by atoms with Gasteiger partial charge in [-0.15, -0.1) is 0 Å². The predicted octanol–water partition coefficient (Wildman–Crippen LogP) is 6.16. The number of anilines is 1. The molecule has 4 atom stereocenters. The SMILES string of the molecule is C=CCOC(=O)CC[C@H](NC(=O)OCC1c2ccccc2-c2ccccc21)C(=O)N[C@H](C(=O)N[C@H](C)C(=O)Nc1ccc(COC(=O)O[C@]2(CC)C(=O)OCc3c2cc2n(c3=O)Cc3c-2nc2cc(F)c(OC)cc2c3CN2CCN(S(C)(=O)=O)CC2)c(C(=O)NCCOCCOCCOCCOCCOCCOCCOCCOC)c1)C(C)C. The minimum Gasteiger partial charge on any atom is -0.494 e. The molecule has 5 heterocycles. The van der Waals surface area contributed by atoms with Crippen LogP contribution >= 0.6 is 0 Å². The zero-order valence-electron chi connectivity index (χ0n) is 68.5. The number of methoxy groups -OCH3 is 2. The van der Waals surface area contributed by atoms with E-state index >= 15 is 4.39 Å². The van der Waals surface area contributed by atoms with Gasteiger partial charge in [-0.25, -0.2) is 32.2 Å². The number of aromatic nitrogens is 2. The first-order valence-electron chi connectivity index (χ1n) is 39.8. The van der Waals surface area contributed by atoms with Crippen LogP contribution < -0.4 is 36.9 Å². The molecule has 34 nitrogen and oxygen atoms in total. The van der Waals surface area contributed by atoms with Gasteiger partial charge in [0.05, 0.1) is 141 Å². The molecule has 5 N–H and O–H groups in total. The molecule has 6 aromatic rings. The second kappa shape index (κ2) is 44.8. The van der Waals surface area contributed by atoms with Gasteiger partial charge in [0.15, 0.2) is 11.6 Å². The third-order valence-electron chi connectivity index (χ3n) is 20.6. The van der Waals surface area contributed by atoms with Crippen molar-refractivity contribution in [2.24, 2.45) is 5.92 Å². The summed E-state index contributed by atoms with van der Waals surface area (Å²) >= 11 is 0. The van der Waals surface area contributed by atoms with Crippen LogP contribution in [0.4, 0.5) is 19.7 Å². The first-order chi connectivity index (χ1) is 57.9. The number of carbonyl (C=O) groups excluding carboxylic acids is 8. The number of rotatable bonds is 48. The minimum absolute atomic E-state index is 0.00921. The van der Waals surface area contributed by atoms with Crippen molar-refractivity contribution in [3.63, 3.8) is 0 Å². The van der Waals surface area contributed by atoms with E-state index in [1.807, 2.05) is 53.4 Å². The maximum Gasteiger partial charge on any atom is 0.510 e. The van der Waals surface area contributed by atoms with Crippen LogP contribution in [0.15, 0.2) is 102 Å². The van der Waals surface area contributed by atoms with E-state index in [0.29, 0.717) is 102 Å². The molecule has 120 heavy (non-hydrogen) atoms. The predicted molar refractivity (Wildman–Crippen MR) is 434 cm³/mol. The van der Waals surface area contributed by atoms with Gasteiger partial charge in [0.25, 0.3) is 11.5 Å². The molecular weight excluding hydrogens is 1590 g/mol. The summed E-state index contributed by atoms with van der Waals surface area (Å²) in [6.45, 7) is 15.0. The number of nitrogens with one attached hydrogen (secondary N) is 5. The molecular formula is C84H106FN9O25S. The molecule has 0 bridgehead atoms. The maximum atomic E-state index is 15.6. The Balaban J connectivity index is 0.788. The molecule has 0 radical (unpaired) electrons. The van der Waals surface area contributed by atoms with Crippen LogP contribution in [0.5, 0.6) is 5.75 Å². The average molecular weight is 1690 g/mol. The second-order valence-corrected chi connectivity index (χ2v) is 30.9. The number of cyclic esters (lactones) is 1. The summed E-state index contributed by atoms with van der Waals surface area (Å²) in [6.07, 6.45) is -0.719. The van der Waals surface area contributed by atoms with Crippen LogP contribution in [0.25, 0.3) is 33.4 Å². The Morgan fingerprint density at radius 2 is 1.32 bits per heavy atom. The lowest BCUT2D eigenvalue weighted by Crippen LogP contribution is -2.57.